The minimum Gasteiger partial charge on any atom is -0.292 e. The number of benzene rings is 6. The molecular weight excluding hydrogens is 532 g/mol. The van der Waals surface area contributed by atoms with E-state index in [4.69, 9.17) is 4.98 Å². The maximum absolute atomic E-state index is 5.02. The summed E-state index contributed by atoms with van der Waals surface area (Å²) in [6.07, 6.45) is 2.14. The molecule has 8 rings (SSSR count). The lowest BCUT2D eigenvalue weighted by Gasteiger charge is -2.30. The standard InChI is InChI=1S/C42H34N2/c1-3-42(4-2)37-27-32(29-13-7-5-8-14-29)21-25-35(37)36-26-22-33(28-38(36)42)30-19-23-34(24-20-30)44-40-18-12-11-17-39(40)43-41(44)31-15-9-6-10-16-31/h5-28H,3-4H2,1-2H3. The van der Waals surface area contributed by atoms with Crippen molar-refractivity contribution in [3.05, 3.63) is 157 Å². The van der Waals surface area contributed by atoms with Crippen LogP contribution in [-0.4, -0.2) is 9.55 Å². The first-order chi connectivity index (χ1) is 21.7. The van der Waals surface area contributed by atoms with E-state index >= 15 is 0 Å². The minimum atomic E-state index is 0.00567. The van der Waals surface area contributed by atoms with Crippen molar-refractivity contribution in [2.75, 3.05) is 0 Å². The summed E-state index contributed by atoms with van der Waals surface area (Å²) in [5.74, 6) is 0.959. The van der Waals surface area contributed by atoms with Gasteiger partial charge in [-0.3, -0.25) is 4.57 Å². The predicted octanol–water partition coefficient (Wildman–Crippen LogP) is 11.1. The summed E-state index contributed by atoms with van der Waals surface area (Å²) in [6.45, 7) is 4.69. The van der Waals surface area contributed by atoms with Gasteiger partial charge in [-0.15, -0.1) is 0 Å². The van der Waals surface area contributed by atoms with Gasteiger partial charge in [-0.2, -0.15) is 0 Å². The zero-order valence-corrected chi connectivity index (χ0v) is 25.2. The molecule has 0 aliphatic heterocycles. The normalized spacial score (nSPS) is 13.1. The number of hydrogen-bond donors (Lipinski definition) is 0. The Kier molecular flexibility index (Phi) is 6.31. The zero-order chi connectivity index (χ0) is 29.7. The predicted molar refractivity (Wildman–Crippen MR) is 184 cm³/mol. The molecule has 0 atom stereocenters. The first-order valence-corrected chi connectivity index (χ1v) is 15.7. The molecule has 1 aliphatic carbocycles. The van der Waals surface area contributed by atoms with E-state index < -0.39 is 0 Å². The first kappa shape index (κ1) is 26.4. The lowest BCUT2D eigenvalue weighted by molar-refractivity contribution is 0.491. The molecule has 1 aromatic heterocycles. The van der Waals surface area contributed by atoms with E-state index in [1.807, 2.05) is 6.07 Å². The van der Waals surface area contributed by atoms with Gasteiger partial charge in [-0.05, 0) is 93.7 Å². The van der Waals surface area contributed by atoms with Gasteiger partial charge in [0.1, 0.15) is 5.82 Å². The fourth-order valence-electron chi connectivity index (χ4n) is 7.37. The molecular formula is C42H34N2. The third-order valence-corrected chi connectivity index (χ3v) is 9.73. The van der Waals surface area contributed by atoms with Crippen LogP contribution in [0, 0.1) is 0 Å². The molecule has 0 saturated heterocycles. The molecule has 212 valence electrons. The van der Waals surface area contributed by atoms with Gasteiger partial charge in [-0.1, -0.05) is 123 Å². The third-order valence-electron chi connectivity index (χ3n) is 9.73. The Morgan fingerprint density at radius 3 is 1.59 bits per heavy atom. The van der Waals surface area contributed by atoms with Crippen LogP contribution in [0.4, 0.5) is 0 Å². The topological polar surface area (TPSA) is 17.8 Å². The molecule has 0 fully saturated rings. The average Bonchev–Trinajstić information content (AvgIpc) is 3.62. The largest absolute Gasteiger partial charge is 0.292 e. The molecule has 0 unspecified atom stereocenters. The van der Waals surface area contributed by atoms with Gasteiger partial charge in [0.05, 0.1) is 11.0 Å². The maximum Gasteiger partial charge on any atom is 0.145 e. The van der Waals surface area contributed by atoms with E-state index in [-0.39, 0.29) is 5.41 Å². The van der Waals surface area contributed by atoms with Crippen molar-refractivity contribution in [3.8, 4) is 50.5 Å². The van der Waals surface area contributed by atoms with Crippen molar-refractivity contribution in [2.45, 2.75) is 32.1 Å². The van der Waals surface area contributed by atoms with Crippen LogP contribution in [0.15, 0.2) is 146 Å². The molecule has 6 aromatic carbocycles. The van der Waals surface area contributed by atoms with E-state index in [9.17, 15) is 0 Å². The molecule has 2 nitrogen and oxygen atoms in total. The Hall–Kier alpha value is -5.21. The Morgan fingerprint density at radius 2 is 1.00 bits per heavy atom. The smallest absolute Gasteiger partial charge is 0.145 e. The van der Waals surface area contributed by atoms with Crippen LogP contribution in [0.1, 0.15) is 37.8 Å². The van der Waals surface area contributed by atoms with Crippen LogP contribution in [0.3, 0.4) is 0 Å². The molecule has 0 N–H and O–H groups in total. The van der Waals surface area contributed by atoms with Gasteiger partial charge in [0.15, 0.2) is 0 Å². The van der Waals surface area contributed by atoms with Crippen LogP contribution < -0.4 is 0 Å². The molecule has 0 amide bonds. The van der Waals surface area contributed by atoms with Crippen LogP contribution in [0.2, 0.25) is 0 Å². The van der Waals surface area contributed by atoms with Gasteiger partial charge in [0.25, 0.3) is 0 Å². The Bertz CT molecular complexity index is 2120. The van der Waals surface area contributed by atoms with Crippen LogP contribution in [0.5, 0.6) is 0 Å². The number of para-hydroxylation sites is 2. The quantitative estimate of drug-likeness (QED) is 0.196. The van der Waals surface area contributed by atoms with Crippen LogP contribution in [-0.2, 0) is 5.41 Å². The minimum absolute atomic E-state index is 0.00567. The summed E-state index contributed by atoms with van der Waals surface area (Å²) in [7, 11) is 0. The summed E-state index contributed by atoms with van der Waals surface area (Å²) < 4.78 is 2.28. The summed E-state index contributed by atoms with van der Waals surface area (Å²) in [6, 6.07) is 52.8. The summed E-state index contributed by atoms with van der Waals surface area (Å²) in [4.78, 5) is 5.02. The van der Waals surface area contributed by atoms with Gasteiger partial charge in [-0.25, -0.2) is 4.98 Å². The number of rotatable bonds is 6. The molecule has 0 bridgehead atoms. The number of fused-ring (bicyclic) bond motifs is 4. The van der Waals surface area contributed by atoms with Crippen molar-refractivity contribution < 1.29 is 0 Å². The highest BCUT2D eigenvalue weighted by Gasteiger charge is 2.40. The molecule has 1 heterocycles. The molecule has 0 saturated carbocycles. The Morgan fingerprint density at radius 1 is 0.500 bits per heavy atom. The second-order valence-electron chi connectivity index (χ2n) is 11.8. The van der Waals surface area contributed by atoms with Gasteiger partial charge in [0, 0.05) is 16.7 Å². The lowest BCUT2D eigenvalue weighted by Crippen LogP contribution is -2.23. The van der Waals surface area contributed by atoms with Crippen LogP contribution >= 0.6 is 0 Å². The Labute approximate surface area is 259 Å². The summed E-state index contributed by atoms with van der Waals surface area (Å²) in [5, 5.41) is 0. The molecule has 0 radical (unpaired) electrons. The van der Waals surface area contributed by atoms with E-state index in [1.165, 1.54) is 44.5 Å². The van der Waals surface area contributed by atoms with Crippen molar-refractivity contribution in [2.24, 2.45) is 0 Å². The number of nitrogens with zero attached hydrogens (tertiary/aromatic N) is 2. The van der Waals surface area contributed by atoms with E-state index in [2.05, 4.69) is 158 Å². The lowest BCUT2D eigenvalue weighted by atomic mass is 9.73. The van der Waals surface area contributed by atoms with E-state index in [0.717, 1.165) is 41.0 Å². The molecule has 7 aromatic rings. The fraction of sp³-hybridized carbons (Fsp3) is 0.119. The highest BCUT2D eigenvalue weighted by molar-refractivity contribution is 5.87. The monoisotopic (exact) mass is 566 g/mol. The van der Waals surface area contributed by atoms with Gasteiger partial charge >= 0.3 is 0 Å². The van der Waals surface area contributed by atoms with E-state index in [1.54, 1.807) is 0 Å². The maximum atomic E-state index is 5.02. The second-order valence-corrected chi connectivity index (χ2v) is 11.8. The summed E-state index contributed by atoms with van der Waals surface area (Å²) >= 11 is 0. The highest BCUT2D eigenvalue weighted by Crippen LogP contribution is 2.54. The molecule has 0 spiro atoms. The fourth-order valence-corrected chi connectivity index (χ4v) is 7.37. The van der Waals surface area contributed by atoms with Crippen molar-refractivity contribution in [3.63, 3.8) is 0 Å². The van der Waals surface area contributed by atoms with Gasteiger partial charge in [0.2, 0.25) is 0 Å². The second kappa shape index (κ2) is 10.5. The zero-order valence-electron chi connectivity index (χ0n) is 25.2. The SMILES string of the molecule is CCC1(CC)c2cc(-c3ccccc3)ccc2-c2ccc(-c3ccc(-n4c(-c5ccccc5)nc5ccccc54)cc3)cc21. The first-order valence-electron chi connectivity index (χ1n) is 15.7. The molecule has 44 heavy (non-hydrogen) atoms. The number of aromatic nitrogens is 2. The number of imidazole rings is 1. The highest BCUT2D eigenvalue weighted by atomic mass is 15.1. The third kappa shape index (κ3) is 4.06. The van der Waals surface area contributed by atoms with E-state index in [0.29, 0.717) is 0 Å². The molecule has 1 aliphatic rings. The van der Waals surface area contributed by atoms with Crippen molar-refractivity contribution >= 4 is 11.0 Å². The summed E-state index contributed by atoms with van der Waals surface area (Å²) in [5.41, 5.74) is 15.1. The number of hydrogen-bond acceptors (Lipinski definition) is 1. The average molecular weight is 567 g/mol. The molecule has 2 heteroatoms. The van der Waals surface area contributed by atoms with Crippen molar-refractivity contribution in [1.29, 1.82) is 0 Å². The van der Waals surface area contributed by atoms with Crippen molar-refractivity contribution in [1.82, 2.24) is 9.55 Å². The Balaban J connectivity index is 1.20. The van der Waals surface area contributed by atoms with Gasteiger partial charge < -0.3 is 0 Å². The van der Waals surface area contributed by atoms with Crippen LogP contribution in [0.25, 0.3) is 61.5 Å².